The summed E-state index contributed by atoms with van der Waals surface area (Å²) in [5, 5.41) is 20.9. The van der Waals surface area contributed by atoms with E-state index in [0.29, 0.717) is 13.1 Å². The highest BCUT2D eigenvalue weighted by Crippen LogP contribution is 2.12. The third-order valence-electron chi connectivity index (χ3n) is 3.71. The molecule has 1 amide bonds. The molecule has 3 rings (SSSR count). The number of hydrogen-bond acceptors (Lipinski definition) is 4. The van der Waals surface area contributed by atoms with Gasteiger partial charge in [-0.3, -0.25) is 9.48 Å². The van der Waals surface area contributed by atoms with E-state index in [1.54, 1.807) is 10.9 Å². The summed E-state index contributed by atoms with van der Waals surface area (Å²) in [6, 6.07) is 7.79. The first-order valence-electron chi connectivity index (χ1n) is 6.80. The molecule has 3 N–H and O–H groups in total. The predicted octanol–water partition coefficient (Wildman–Crippen LogP) is 0.155. The molecule has 0 radical (unpaired) electrons. The van der Waals surface area contributed by atoms with Gasteiger partial charge in [0.2, 0.25) is 5.91 Å². The van der Waals surface area contributed by atoms with E-state index < -0.39 is 0 Å². The minimum atomic E-state index is -0.374. The lowest BCUT2D eigenvalue weighted by Gasteiger charge is -2.14. The van der Waals surface area contributed by atoms with Gasteiger partial charge in [-0.25, -0.2) is 0 Å². The minimum Gasteiger partial charge on any atom is -0.391 e. The Bertz CT molecular complexity index is 616. The molecule has 2 atom stereocenters. The highest BCUT2D eigenvalue weighted by atomic mass is 35.5. The highest BCUT2D eigenvalue weighted by Gasteiger charge is 2.25. The van der Waals surface area contributed by atoms with Crippen molar-refractivity contribution in [3.63, 3.8) is 0 Å². The SMILES string of the molecule is Cl.O=C(Cn1ncc2ccccc21)NCC1CNCC1O. The van der Waals surface area contributed by atoms with Crippen molar-refractivity contribution in [2.75, 3.05) is 19.6 Å². The van der Waals surface area contributed by atoms with Crippen LogP contribution in [0.25, 0.3) is 10.9 Å². The summed E-state index contributed by atoms with van der Waals surface area (Å²) in [7, 11) is 0. The molecule has 2 unspecified atom stereocenters. The summed E-state index contributed by atoms with van der Waals surface area (Å²) in [4.78, 5) is 11.9. The first kappa shape index (κ1) is 15.8. The van der Waals surface area contributed by atoms with Gasteiger partial charge in [0.15, 0.2) is 0 Å². The zero-order valence-corrected chi connectivity index (χ0v) is 12.3. The fraction of sp³-hybridized carbons (Fsp3) is 0.429. The number of hydrogen-bond donors (Lipinski definition) is 3. The summed E-state index contributed by atoms with van der Waals surface area (Å²) in [6.07, 6.45) is 1.38. The van der Waals surface area contributed by atoms with E-state index >= 15 is 0 Å². The van der Waals surface area contributed by atoms with Crippen LogP contribution in [-0.4, -0.2) is 46.5 Å². The molecular formula is C14H19ClN4O2. The molecule has 1 fully saturated rings. The molecule has 1 saturated heterocycles. The predicted molar refractivity (Wildman–Crippen MR) is 82.4 cm³/mol. The van der Waals surface area contributed by atoms with E-state index in [-0.39, 0.29) is 36.9 Å². The summed E-state index contributed by atoms with van der Waals surface area (Å²) in [5.41, 5.74) is 0.949. The maximum Gasteiger partial charge on any atom is 0.241 e. The number of nitrogens with zero attached hydrogens (tertiary/aromatic N) is 2. The van der Waals surface area contributed by atoms with Crippen LogP contribution in [0.1, 0.15) is 0 Å². The zero-order chi connectivity index (χ0) is 13.9. The Labute approximate surface area is 128 Å². The molecule has 114 valence electrons. The number of nitrogens with one attached hydrogen (secondary N) is 2. The molecule has 21 heavy (non-hydrogen) atoms. The average molecular weight is 311 g/mol. The number of fused-ring (bicyclic) bond motifs is 1. The van der Waals surface area contributed by atoms with Gasteiger partial charge in [0, 0.05) is 30.9 Å². The summed E-state index contributed by atoms with van der Waals surface area (Å²) in [6.45, 7) is 2.03. The number of aromatic nitrogens is 2. The lowest BCUT2D eigenvalue weighted by atomic mass is 10.1. The third kappa shape index (κ3) is 3.53. The maximum atomic E-state index is 11.9. The van der Waals surface area contributed by atoms with Crippen molar-refractivity contribution < 1.29 is 9.90 Å². The van der Waals surface area contributed by atoms with Crippen LogP contribution in [0.5, 0.6) is 0 Å². The Hall–Kier alpha value is -1.63. The van der Waals surface area contributed by atoms with Crippen molar-refractivity contribution in [2.24, 2.45) is 5.92 Å². The first-order valence-corrected chi connectivity index (χ1v) is 6.80. The number of halogens is 1. The molecule has 2 heterocycles. The quantitative estimate of drug-likeness (QED) is 0.751. The Morgan fingerprint density at radius 2 is 2.24 bits per heavy atom. The molecule has 0 spiro atoms. The van der Waals surface area contributed by atoms with Gasteiger partial charge in [-0.2, -0.15) is 5.10 Å². The minimum absolute atomic E-state index is 0. The smallest absolute Gasteiger partial charge is 0.241 e. The van der Waals surface area contributed by atoms with Crippen molar-refractivity contribution in [1.29, 1.82) is 0 Å². The molecule has 1 aliphatic heterocycles. The van der Waals surface area contributed by atoms with Crippen molar-refractivity contribution in [1.82, 2.24) is 20.4 Å². The second kappa shape index (κ2) is 6.89. The lowest BCUT2D eigenvalue weighted by Crippen LogP contribution is -2.36. The number of amides is 1. The molecule has 1 aromatic heterocycles. The Kier molecular flexibility index (Phi) is 5.17. The van der Waals surface area contributed by atoms with Crippen LogP contribution in [0.2, 0.25) is 0 Å². The standard InChI is InChI=1S/C14H18N4O2.ClH/c19-13-8-15-5-11(13)6-16-14(20)9-18-12-4-2-1-3-10(12)7-17-18;/h1-4,7,11,13,15,19H,5-6,8-9H2,(H,16,20);1H. The van der Waals surface area contributed by atoms with Gasteiger partial charge in [-0.05, 0) is 6.07 Å². The van der Waals surface area contributed by atoms with Gasteiger partial charge >= 0.3 is 0 Å². The molecule has 7 heteroatoms. The monoisotopic (exact) mass is 310 g/mol. The first-order chi connectivity index (χ1) is 9.74. The Balaban J connectivity index is 0.00000161. The topological polar surface area (TPSA) is 79.2 Å². The van der Waals surface area contributed by atoms with E-state index in [9.17, 15) is 9.90 Å². The molecule has 0 bridgehead atoms. The van der Waals surface area contributed by atoms with Gasteiger partial charge in [0.1, 0.15) is 6.54 Å². The molecular weight excluding hydrogens is 292 g/mol. The number of rotatable bonds is 4. The van der Waals surface area contributed by atoms with Crippen LogP contribution in [0.3, 0.4) is 0 Å². The highest BCUT2D eigenvalue weighted by molar-refractivity contribution is 5.85. The maximum absolute atomic E-state index is 11.9. The van der Waals surface area contributed by atoms with Gasteiger partial charge in [-0.15, -0.1) is 12.4 Å². The van der Waals surface area contributed by atoms with E-state index in [1.165, 1.54) is 0 Å². The zero-order valence-electron chi connectivity index (χ0n) is 11.5. The number of para-hydroxylation sites is 1. The molecule has 0 aliphatic carbocycles. The van der Waals surface area contributed by atoms with Crippen molar-refractivity contribution >= 4 is 29.2 Å². The van der Waals surface area contributed by atoms with Crippen LogP contribution < -0.4 is 10.6 Å². The molecule has 0 saturated carbocycles. The Morgan fingerprint density at radius 1 is 1.43 bits per heavy atom. The molecule has 2 aromatic rings. The van der Waals surface area contributed by atoms with Crippen LogP contribution in [0.4, 0.5) is 0 Å². The van der Waals surface area contributed by atoms with Gasteiger partial charge in [0.25, 0.3) is 0 Å². The number of aliphatic hydroxyl groups excluding tert-OH is 1. The second-order valence-electron chi connectivity index (χ2n) is 5.15. The fourth-order valence-corrected chi connectivity index (χ4v) is 2.52. The van der Waals surface area contributed by atoms with E-state index in [1.807, 2.05) is 24.3 Å². The van der Waals surface area contributed by atoms with Gasteiger partial charge in [0.05, 0.1) is 17.8 Å². The van der Waals surface area contributed by atoms with Gasteiger partial charge < -0.3 is 15.7 Å². The van der Waals surface area contributed by atoms with Gasteiger partial charge in [-0.1, -0.05) is 18.2 Å². The van der Waals surface area contributed by atoms with E-state index in [0.717, 1.165) is 17.4 Å². The van der Waals surface area contributed by atoms with E-state index in [2.05, 4.69) is 15.7 Å². The van der Waals surface area contributed by atoms with Crippen LogP contribution >= 0.6 is 12.4 Å². The lowest BCUT2D eigenvalue weighted by molar-refractivity contribution is -0.122. The number of carbonyl (C=O) groups is 1. The second-order valence-corrected chi connectivity index (χ2v) is 5.15. The third-order valence-corrected chi connectivity index (χ3v) is 3.71. The number of aliphatic hydroxyl groups is 1. The van der Waals surface area contributed by atoms with Crippen molar-refractivity contribution in [2.45, 2.75) is 12.6 Å². The van der Waals surface area contributed by atoms with Crippen LogP contribution in [-0.2, 0) is 11.3 Å². The van der Waals surface area contributed by atoms with Crippen LogP contribution in [0.15, 0.2) is 30.5 Å². The van der Waals surface area contributed by atoms with Crippen molar-refractivity contribution in [3.8, 4) is 0 Å². The number of benzene rings is 1. The Morgan fingerprint density at radius 3 is 3.00 bits per heavy atom. The largest absolute Gasteiger partial charge is 0.391 e. The molecule has 1 aliphatic rings. The number of β-amino-alcohol motifs (C(OH)–C–C–N with tert-alkyl or cyclic N) is 1. The fourth-order valence-electron chi connectivity index (χ4n) is 2.52. The summed E-state index contributed by atoms with van der Waals surface area (Å²) >= 11 is 0. The summed E-state index contributed by atoms with van der Waals surface area (Å²) in [5.74, 6) is 0.00580. The van der Waals surface area contributed by atoms with Crippen LogP contribution in [0, 0.1) is 5.92 Å². The summed E-state index contributed by atoms with van der Waals surface area (Å²) < 4.78 is 1.69. The number of carbonyl (C=O) groups excluding carboxylic acids is 1. The molecule has 6 nitrogen and oxygen atoms in total. The van der Waals surface area contributed by atoms with Crippen molar-refractivity contribution in [3.05, 3.63) is 30.5 Å². The normalized spacial score (nSPS) is 21.2. The molecule has 1 aromatic carbocycles. The van der Waals surface area contributed by atoms with E-state index in [4.69, 9.17) is 0 Å². The average Bonchev–Trinajstić information content (AvgIpc) is 3.04.